The summed E-state index contributed by atoms with van der Waals surface area (Å²) in [5.41, 5.74) is 4.94. The SMILES string of the molecule is COc1cc(CCCO)c([C@H]2CCC[C@@H]2O)cc1OC/C=C(\C)CCC=C(C)C. The Morgan fingerprint density at radius 1 is 1.14 bits per heavy atom. The van der Waals surface area contributed by atoms with Gasteiger partial charge in [0.05, 0.1) is 13.2 Å². The maximum atomic E-state index is 10.4. The summed E-state index contributed by atoms with van der Waals surface area (Å²) in [6, 6.07) is 4.08. The molecule has 0 amide bonds. The molecule has 1 saturated carbocycles. The van der Waals surface area contributed by atoms with E-state index in [2.05, 4.69) is 39.0 Å². The monoisotopic (exact) mass is 402 g/mol. The number of hydrogen-bond acceptors (Lipinski definition) is 4. The zero-order valence-corrected chi connectivity index (χ0v) is 18.5. The summed E-state index contributed by atoms with van der Waals surface area (Å²) in [5, 5.41) is 19.7. The zero-order valence-electron chi connectivity index (χ0n) is 18.5. The minimum atomic E-state index is -0.304. The predicted molar refractivity (Wildman–Crippen MR) is 119 cm³/mol. The van der Waals surface area contributed by atoms with Crippen LogP contribution in [0, 0.1) is 0 Å². The lowest BCUT2D eigenvalue weighted by Crippen LogP contribution is -2.14. The van der Waals surface area contributed by atoms with Crippen LogP contribution in [0.5, 0.6) is 11.5 Å². The van der Waals surface area contributed by atoms with E-state index < -0.39 is 0 Å². The van der Waals surface area contributed by atoms with E-state index in [1.807, 2.05) is 6.07 Å². The van der Waals surface area contributed by atoms with Crippen LogP contribution in [0.3, 0.4) is 0 Å². The Morgan fingerprint density at radius 3 is 2.55 bits per heavy atom. The van der Waals surface area contributed by atoms with Crippen molar-refractivity contribution in [3.8, 4) is 11.5 Å². The second kappa shape index (κ2) is 12.0. The van der Waals surface area contributed by atoms with Crippen molar-refractivity contribution in [1.29, 1.82) is 0 Å². The van der Waals surface area contributed by atoms with Gasteiger partial charge in [0.25, 0.3) is 0 Å². The van der Waals surface area contributed by atoms with Crippen LogP contribution in [-0.2, 0) is 6.42 Å². The first kappa shape index (κ1) is 23.5. The molecule has 0 unspecified atom stereocenters. The molecule has 4 heteroatoms. The van der Waals surface area contributed by atoms with E-state index in [1.165, 1.54) is 11.1 Å². The summed E-state index contributed by atoms with van der Waals surface area (Å²) >= 11 is 0. The van der Waals surface area contributed by atoms with Crippen LogP contribution in [0.1, 0.15) is 76.3 Å². The van der Waals surface area contributed by atoms with Gasteiger partial charge in [-0.05, 0) is 88.6 Å². The number of allylic oxidation sites excluding steroid dienone is 3. The van der Waals surface area contributed by atoms with Gasteiger partial charge in [-0.15, -0.1) is 0 Å². The van der Waals surface area contributed by atoms with Gasteiger partial charge in [0.15, 0.2) is 11.5 Å². The van der Waals surface area contributed by atoms with Gasteiger partial charge in [-0.2, -0.15) is 0 Å². The third-order valence-electron chi connectivity index (χ3n) is 5.67. The van der Waals surface area contributed by atoms with E-state index >= 15 is 0 Å². The molecule has 1 aromatic carbocycles. The molecule has 162 valence electrons. The van der Waals surface area contributed by atoms with Crippen molar-refractivity contribution in [2.45, 2.75) is 77.7 Å². The van der Waals surface area contributed by atoms with Crippen molar-refractivity contribution in [2.24, 2.45) is 0 Å². The molecule has 4 nitrogen and oxygen atoms in total. The molecule has 1 aliphatic rings. The molecular formula is C25H38O4. The van der Waals surface area contributed by atoms with Gasteiger partial charge in [-0.25, -0.2) is 0 Å². The van der Waals surface area contributed by atoms with Gasteiger partial charge in [0.1, 0.15) is 6.61 Å². The van der Waals surface area contributed by atoms with Crippen molar-refractivity contribution < 1.29 is 19.7 Å². The maximum absolute atomic E-state index is 10.4. The number of aliphatic hydroxyl groups is 2. The Kier molecular flexibility index (Phi) is 9.75. The predicted octanol–water partition coefficient (Wildman–Crippen LogP) is 5.32. The number of hydrogen-bond donors (Lipinski definition) is 2. The van der Waals surface area contributed by atoms with Gasteiger partial charge in [0, 0.05) is 12.5 Å². The first-order chi connectivity index (χ1) is 14.0. The van der Waals surface area contributed by atoms with E-state index in [9.17, 15) is 10.2 Å². The van der Waals surface area contributed by atoms with Crippen LogP contribution in [0.4, 0.5) is 0 Å². The highest BCUT2D eigenvalue weighted by Gasteiger charge is 2.29. The lowest BCUT2D eigenvalue weighted by Gasteiger charge is -2.22. The largest absolute Gasteiger partial charge is 0.493 e. The number of benzene rings is 1. The molecule has 1 aromatic rings. The lowest BCUT2D eigenvalue weighted by molar-refractivity contribution is 0.163. The molecular weight excluding hydrogens is 364 g/mol. The standard InChI is InChI=1S/C25H38O4/c1-18(2)8-5-9-19(3)13-15-29-25-17-22(21-11-6-12-23(21)27)20(10-7-14-26)16-24(25)28-4/h8,13,16-17,21,23,26-27H,5-7,9-12,14-15H2,1-4H3/b19-13+/t21-,23+/m1/s1. The maximum Gasteiger partial charge on any atom is 0.161 e. The van der Waals surface area contributed by atoms with Crippen LogP contribution in [0.25, 0.3) is 0 Å². The minimum Gasteiger partial charge on any atom is -0.493 e. The zero-order chi connectivity index (χ0) is 21.2. The van der Waals surface area contributed by atoms with E-state index in [4.69, 9.17) is 9.47 Å². The molecule has 0 aromatic heterocycles. The molecule has 2 rings (SSSR count). The number of methoxy groups -OCH3 is 1. The van der Waals surface area contributed by atoms with Gasteiger partial charge in [-0.1, -0.05) is 23.6 Å². The average Bonchev–Trinajstić information content (AvgIpc) is 3.11. The molecule has 2 atom stereocenters. The highest BCUT2D eigenvalue weighted by Crippen LogP contribution is 2.41. The van der Waals surface area contributed by atoms with Crippen LogP contribution in [-0.4, -0.2) is 36.6 Å². The first-order valence-corrected chi connectivity index (χ1v) is 10.9. The van der Waals surface area contributed by atoms with Crippen molar-refractivity contribution in [1.82, 2.24) is 0 Å². The molecule has 0 bridgehead atoms. The van der Waals surface area contributed by atoms with Gasteiger partial charge >= 0.3 is 0 Å². The van der Waals surface area contributed by atoms with Crippen molar-refractivity contribution in [3.05, 3.63) is 46.6 Å². The Hall–Kier alpha value is -1.78. The second-order valence-electron chi connectivity index (χ2n) is 8.32. The van der Waals surface area contributed by atoms with E-state index in [0.717, 1.165) is 55.4 Å². The number of ether oxygens (including phenoxy) is 2. The van der Waals surface area contributed by atoms with Gasteiger partial charge < -0.3 is 19.7 Å². The summed E-state index contributed by atoms with van der Waals surface area (Å²) in [7, 11) is 1.66. The van der Waals surface area contributed by atoms with Crippen LogP contribution >= 0.6 is 0 Å². The van der Waals surface area contributed by atoms with E-state index in [-0.39, 0.29) is 18.6 Å². The third-order valence-corrected chi connectivity index (χ3v) is 5.67. The van der Waals surface area contributed by atoms with Crippen molar-refractivity contribution >= 4 is 0 Å². The fraction of sp³-hybridized carbons (Fsp3) is 0.600. The Balaban J connectivity index is 2.16. The summed E-state index contributed by atoms with van der Waals surface area (Å²) in [6.07, 6.45) is 10.5. The molecule has 2 N–H and O–H groups in total. The minimum absolute atomic E-state index is 0.137. The van der Waals surface area contributed by atoms with E-state index in [0.29, 0.717) is 18.8 Å². The molecule has 0 spiro atoms. The highest BCUT2D eigenvalue weighted by atomic mass is 16.5. The highest BCUT2D eigenvalue weighted by molar-refractivity contribution is 5.49. The van der Waals surface area contributed by atoms with Gasteiger partial charge in [0.2, 0.25) is 0 Å². The summed E-state index contributed by atoms with van der Waals surface area (Å²) in [5.74, 6) is 1.57. The number of aliphatic hydroxyl groups excluding tert-OH is 2. The first-order valence-electron chi connectivity index (χ1n) is 10.9. The molecule has 1 aliphatic carbocycles. The van der Waals surface area contributed by atoms with Crippen LogP contribution < -0.4 is 9.47 Å². The average molecular weight is 403 g/mol. The fourth-order valence-corrected chi connectivity index (χ4v) is 3.99. The Morgan fingerprint density at radius 2 is 1.93 bits per heavy atom. The summed E-state index contributed by atoms with van der Waals surface area (Å²) in [6.45, 7) is 7.04. The second-order valence-corrected chi connectivity index (χ2v) is 8.32. The topological polar surface area (TPSA) is 58.9 Å². The third kappa shape index (κ3) is 7.20. The smallest absolute Gasteiger partial charge is 0.161 e. The van der Waals surface area contributed by atoms with E-state index in [1.54, 1.807) is 7.11 Å². The number of aryl methyl sites for hydroxylation is 1. The Labute approximate surface area is 176 Å². The van der Waals surface area contributed by atoms with Crippen molar-refractivity contribution in [3.63, 3.8) is 0 Å². The van der Waals surface area contributed by atoms with Crippen LogP contribution in [0.15, 0.2) is 35.4 Å². The molecule has 0 heterocycles. The Bertz CT molecular complexity index is 701. The van der Waals surface area contributed by atoms with Crippen LogP contribution in [0.2, 0.25) is 0 Å². The summed E-state index contributed by atoms with van der Waals surface area (Å²) in [4.78, 5) is 0. The van der Waals surface area contributed by atoms with Gasteiger partial charge in [-0.3, -0.25) is 0 Å². The fourth-order valence-electron chi connectivity index (χ4n) is 3.99. The normalized spacial score (nSPS) is 19.3. The summed E-state index contributed by atoms with van der Waals surface area (Å²) < 4.78 is 11.7. The number of rotatable bonds is 11. The molecule has 0 saturated heterocycles. The lowest BCUT2D eigenvalue weighted by atomic mass is 9.89. The molecule has 0 aliphatic heterocycles. The van der Waals surface area contributed by atoms with Crippen molar-refractivity contribution in [2.75, 3.05) is 20.3 Å². The molecule has 29 heavy (non-hydrogen) atoms. The molecule has 1 fully saturated rings. The quantitative estimate of drug-likeness (QED) is 0.492. The molecule has 0 radical (unpaired) electrons.